The lowest BCUT2D eigenvalue weighted by Crippen LogP contribution is -2.31. The molecule has 1 aliphatic heterocycles. The second kappa shape index (κ2) is 5.69. The van der Waals surface area contributed by atoms with Gasteiger partial charge in [-0.1, -0.05) is 11.6 Å². The molecular weight excluding hydrogens is 241 g/mol. The highest BCUT2D eigenvalue weighted by Gasteiger charge is 2.17. The molecule has 0 amide bonds. The van der Waals surface area contributed by atoms with E-state index in [1.807, 2.05) is 0 Å². The highest BCUT2D eigenvalue weighted by Crippen LogP contribution is 2.28. The molecule has 1 aromatic rings. The maximum absolute atomic E-state index is 13.9. The number of halogens is 2. The molecule has 17 heavy (non-hydrogen) atoms. The van der Waals surface area contributed by atoms with Gasteiger partial charge in [0.25, 0.3) is 0 Å². The smallest absolute Gasteiger partial charge is 0.145 e. The van der Waals surface area contributed by atoms with Gasteiger partial charge >= 0.3 is 0 Å². The van der Waals surface area contributed by atoms with Crippen LogP contribution in [0.25, 0.3) is 0 Å². The van der Waals surface area contributed by atoms with Gasteiger partial charge in [-0.15, -0.1) is 0 Å². The monoisotopic (exact) mass is 257 g/mol. The van der Waals surface area contributed by atoms with Crippen LogP contribution in [0.5, 0.6) is 5.75 Å². The molecule has 1 heterocycles. The summed E-state index contributed by atoms with van der Waals surface area (Å²) in [6, 6.07) is 3.26. The maximum atomic E-state index is 13.9. The lowest BCUT2D eigenvalue weighted by molar-refractivity contribution is 0.370. The third kappa shape index (κ3) is 3.11. The second-order valence-corrected chi connectivity index (χ2v) is 4.91. The van der Waals surface area contributed by atoms with E-state index in [0.29, 0.717) is 17.2 Å². The molecule has 1 aliphatic rings. The van der Waals surface area contributed by atoms with Crippen LogP contribution >= 0.6 is 11.6 Å². The zero-order valence-corrected chi connectivity index (χ0v) is 10.7. The maximum Gasteiger partial charge on any atom is 0.145 e. The van der Waals surface area contributed by atoms with Crippen molar-refractivity contribution in [2.75, 3.05) is 20.2 Å². The van der Waals surface area contributed by atoms with Crippen molar-refractivity contribution in [3.8, 4) is 5.75 Å². The molecule has 4 heteroatoms. The summed E-state index contributed by atoms with van der Waals surface area (Å²) in [6.07, 6.45) is 3.01. The van der Waals surface area contributed by atoms with Crippen molar-refractivity contribution in [2.45, 2.75) is 19.3 Å². The van der Waals surface area contributed by atoms with Gasteiger partial charge in [0.1, 0.15) is 11.6 Å². The minimum atomic E-state index is -0.307. The van der Waals surface area contributed by atoms with Crippen molar-refractivity contribution in [1.29, 1.82) is 0 Å². The zero-order chi connectivity index (χ0) is 12.3. The topological polar surface area (TPSA) is 21.3 Å². The summed E-state index contributed by atoms with van der Waals surface area (Å²) in [4.78, 5) is 0. The minimum absolute atomic E-state index is 0.142. The molecule has 1 aromatic carbocycles. The highest BCUT2D eigenvalue weighted by molar-refractivity contribution is 6.30. The van der Waals surface area contributed by atoms with Crippen LogP contribution in [-0.4, -0.2) is 20.2 Å². The number of ether oxygens (including phenoxy) is 1. The van der Waals surface area contributed by atoms with Crippen molar-refractivity contribution in [3.63, 3.8) is 0 Å². The number of hydrogen-bond acceptors (Lipinski definition) is 2. The Morgan fingerprint density at radius 2 is 2.35 bits per heavy atom. The first kappa shape index (κ1) is 12.7. The third-order valence-corrected chi connectivity index (χ3v) is 3.50. The molecule has 1 fully saturated rings. The molecule has 0 aromatic heterocycles. The summed E-state index contributed by atoms with van der Waals surface area (Å²) in [6.45, 7) is 2.02. The minimum Gasteiger partial charge on any atom is -0.497 e. The largest absolute Gasteiger partial charge is 0.497 e. The molecule has 0 bridgehead atoms. The van der Waals surface area contributed by atoms with E-state index >= 15 is 0 Å². The number of piperidine rings is 1. The van der Waals surface area contributed by atoms with E-state index in [0.717, 1.165) is 32.4 Å². The van der Waals surface area contributed by atoms with E-state index < -0.39 is 0 Å². The van der Waals surface area contributed by atoms with Gasteiger partial charge < -0.3 is 10.1 Å². The van der Waals surface area contributed by atoms with E-state index in [1.165, 1.54) is 6.07 Å². The molecular formula is C13H17ClFNO. The van der Waals surface area contributed by atoms with Crippen LogP contribution in [0, 0.1) is 11.7 Å². The van der Waals surface area contributed by atoms with Crippen LogP contribution in [0.4, 0.5) is 4.39 Å². The van der Waals surface area contributed by atoms with Gasteiger partial charge in [-0.25, -0.2) is 4.39 Å². The predicted octanol–water partition coefficient (Wildman–Crippen LogP) is 3.03. The lowest BCUT2D eigenvalue weighted by Gasteiger charge is -2.23. The fourth-order valence-corrected chi connectivity index (χ4v) is 2.52. The number of nitrogens with one attached hydrogen (secondary N) is 1. The van der Waals surface area contributed by atoms with E-state index in [9.17, 15) is 4.39 Å². The summed E-state index contributed by atoms with van der Waals surface area (Å²) < 4.78 is 19.0. The summed E-state index contributed by atoms with van der Waals surface area (Å²) in [5.41, 5.74) is 0.656. The Morgan fingerprint density at radius 1 is 1.53 bits per heavy atom. The van der Waals surface area contributed by atoms with Crippen LogP contribution in [0.1, 0.15) is 18.4 Å². The summed E-state index contributed by atoms with van der Waals surface area (Å²) in [5.74, 6) is 0.801. The van der Waals surface area contributed by atoms with Gasteiger partial charge in [-0.05, 0) is 49.9 Å². The van der Waals surface area contributed by atoms with Crippen LogP contribution < -0.4 is 10.1 Å². The Kier molecular flexibility index (Phi) is 4.24. The standard InChI is InChI=1S/C13H17ClFNO/c1-17-11-6-10(13(15)12(14)7-11)5-9-3-2-4-16-8-9/h6-7,9,16H,2-5,8H2,1H3. The average molecular weight is 258 g/mol. The van der Waals surface area contributed by atoms with Crippen molar-refractivity contribution in [2.24, 2.45) is 5.92 Å². The molecule has 1 N–H and O–H groups in total. The fourth-order valence-electron chi connectivity index (χ4n) is 2.29. The molecule has 1 saturated heterocycles. The van der Waals surface area contributed by atoms with Crippen molar-refractivity contribution in [3.05, 3.63) is 28.5 Å². The molecule has 0 spiro atoms. The molecule has 0 saturated carbocycles. The number of rotatable bonds is 3. The first-order valence-corrected chi connectivity index (χ1v) is 6.31. The van der Waals surface area contributed by atoms with E-state index in [4.69, 9.17) is 16.3 Å². The van der Waals surface area contributed by atoms with E-state index in [-0.39, 0.29) is 10.8 Å². The molecule has 1 unspecified atom stereocenters. The van der Waals surface area contributed by atoms with Crippen LogP contribution in [-0.2, 0) is 6.42 Å². The molecule has 2 rings (SSSR count). The van der Waals surface area contributed by atoms with Crippen LogP contribution in [0.15, 0.2) is 12.1 Å². The first-order valence-electron chi connectivity index (χ1n) is 5.93. The Labute approximate surface area is 106 Å². The second-order valence-electron chi connectivity index (χ2n) is 4.50. The molecule has 94 valence electrons. The third-order valence-electron chi connectivity index (χ3n) is 3.22. The van der Waals surface area contributed by atoms with Gasteiger partial charge in [0.15, 0.2) is 0 Å². The molecule has 0 radical (unpaired) electrons. The highest BCUT2D eigenvalue weighted by atomic mass is 35.5. The summed E-state index contributed by atoms with van der Waals surface area (Å²) in [7, 11) is 1.56. The van der Waals surface area contributed by atoms with E-state index in [2.05, 4.69) is 5.32 Å². The van der Waals surface area contributed by atoms with Gasteiger partial charge in [0.2, 0.25) is 0 Å². The number of methoxy groups -OCH3 is 1. The number of benzene rings is 1. The normalized spacial score (nSPS) is 20.3. The Bertz CT molecular complexity index is 391. The zero-order valence-electron chi connectivity index (χ0n) is 9.93. The molecule has 0 aliphatic carbocycles. The average Bonchev–Trinajstić information content (AvgIpc) is 2.36. The van der Waals surface area contributed by atoms with Crippen LogP contribution in [0.2, 0.25) is 5.02 Å². The SMILES string of the molecule is COc1cc(Cl)c(F)c(CC2CCCNC2)c1. The molecule has 2 nitrogen and oxygen atoms in total. The fraction of sp³-hybridized carbons (Fsp3) is 0.538. The Hall–Kier alpha value is -0.800. The first-order chi connectivity index (χ1) is 8.20. The quantitative estimate of drug-likeness (QED) is 0.899. The van der Waals surface area contributed by atoms with E-state index in [1.54, 1.807) is 13.2 Å². The Morgan fingerprint density at radius 3 is 3.00 bits per heavy atom. The molecule has 1 atom stereocenters. The Balaban J connectivity index is 2.15. The van der Waals surface area contributed by atoms with Gasteiger partial charge in [-0.2, -0.15) is 0 Å². The number of hydrogen-bond donors (Lipinski definition) is 1. The summed E-state index contributed by atoms with van der Waals surface area (Å²) >= 11 is 5.84. The van der Waals surface area contributed by atoms with Gasteiger partial charge in [0.05, 0.1) is 12.1 Å². The van der Waals surface area contributed by atoms with Crippen molar-refractivity contribution < 1.29 is 9.13 Å². The van der Waals surface area contributed by atoms with Gasteiger partial charge in [-0.3, -0.25) is 0 Å². The van der Waals surface area contributed by atoms with Crippen molar-refractivity contribution in [1.82, 2.24) is 5.32 Å². The van der Waals surface area contributed by atoms with Crippen LogP contribution in [0.3, 0.4) is 0 Å². The van der Waals surface area contributed by atoms with Gasteiger partial charge in [0, 0.05) is 6.07 Å². The summed E-state index contributed by atoms with van der Waals surface area (Å²) in [5, 5.41) is 3.47. The lowest BCUT2D eigenvalue weighted by atomic mass is 9.92. The van der Waals surface area contributed by atoms with Crippen molar-refractivity contribution >= 4 is 11.6 Å². The predicted molar refractivity (Wildman–Crippen MR) is 67.3 cm³/mol.